The van der Waals surface area contributed by atoms with Crippen LogP contribution < -0.4 is 5.46 Å². The van der Waals surface area contributed by atoms with Crippen molar-refractivity contribution in [1.82, 2.24) is 0 Å². The summed E-state index contributed by atoms with van der Waals surface area (Å²) >= 11 is 5.77. The van der Waals surface area contributed by atoms with Crippen LogP contribution in [0.1, 0.15) is 33.3 Å². The second-order valence-corrected chi connectivity index (χ2v) is 6.18. The lowest BCUT2D eigenvalue weighted by Crippen LogP contribution is -2.53. The lowest BCUT2D eigenvalue weighted by Gasteiger charge is -2.38. The van der Waals surface area contributed by atoms with Crippen molar-refractivity contribution in [3.63, 3.8) is 0 Å². The van der Waals surface area contributed by atoms with Crippen molar-refractivity contribution < 1.29 is 28.0 Å². The number of benzene rings is 1. The normalized spacial score (nSPS) is 13.4. The van der Waals surface area contributed by atoms with Crippen molar-refractivity contribution in [3.05, 3.63) is 28.8 Å². The van der Waals surface area contributed by atoms with Crippen molar-refractivity contribution in [3.8, 4) is 0 Å². The molecule has 8 heteroatoms. The summed E-state index contributed by atoms with van der Waals surface area (Å²) in [5, 5.41) is 19.7. The Morgan fingerprint density at radius 2 is 1.67 bits per heavy atom. The van der Waals surface area contributed by atoms with E-state index in [1.165, 1.54) is 13.8 Å². The molecule has 0 aliphatic rings. The number of hydrogen-bond acceptors (Lipinski definition) is 3. The zero-order valence-electron chi connectivity index (χ0n) is 12.1. The van der Waals surface area contributed by atoms with Gasteiger partial charge >= 0.3 is 13.3 Å². The molecule has 3 nitrogen and oxygen atoms in total. The summed E-state index contributed by atoms with van der Waals surface area (Å²) in [7, 11) is -1.55. The Bertz CT molecular complexity index is 512. The van der Waals surface area contributed by atoms with E-state index < -0.39 is 30.1 Å². The van der Waals surface area contributed by atoms with Gasteiger partial charge in [-0.2, -0.15) is 13.2 Å². The highest BCUT2D eigenvalue weighted by Crippen LogP contribution is 2.31. The van der Waals surface area contributed by atoms with E-state index in [0.29, 0.717) is 0 Å². The van der Waals surface area contributed by atoms with E-state index in [9.17, 15) is 23.3 Å². The number of aliphatic hydroxyl groups is 1. The Balaban J connectivity index is 3.02. The van der Waals surface area contributed by atoms with Gasteiger partial charge in [-0.05, 0) is 33.8 Å². The molecule has 0 radical (unpaired) electrons. The Hall–Kier alpha value is -0.755. The molecule has 0 aliphatic heterocycles. The van der Waals surface area contributed by atoms with Crippen molar-refractivity contribution in [1.29, 1.82) is 0 Å². The number of rotatable bonds is 4. The van der Waals surface area contributed by atoms with Crippen LogP contribution in [0.3, 0.4) is 0 Å². The average Bonchev–Trinajstić information content (AvgIpc) is 2.24. The van der Waals surface area contributed by atoms with Crippen molar-refractivity contribution in [2.24, 2.45) is 0 Å². The van der Waals surface area contributed by atoms with Crippen LogP contribution in [0.4, 0.5) is 13.2 Å². The molecule has 0 atom stereocenters. The molecule has 0 spiro atoms. The summed E-state index contributed by atoms with van der Waals surface area (Å²) in [5.74, 6) is 0. The lowest BCUT2D eigenvalue weighted by molar-refractivity contribution is -0.137. The molecule has 21 heavy (non-hydrogen) atoms. The first-order chi connectivity index (χ1) is 9.25. The summed E-state index contributed by atoms with van der Waals surface area (Å²) in [4.78, 5) is 0. The minimum atomic E-state index is -4.51. The van der Waals surface area contributed by atoms with Crippen LogP contribution in [0.25, 0.3) is 0 Å². The SMILES string of the molecule is CC(C)(O)C(C)(C)OB(O)c1ccc(C(F)(F)F)cc1Cl. The monoisotopic (exact) mass is 324 g/mol. The second-order valence-electron chi connectivity index (χ2n) is 5.77. The molecule has 0 aliphatic carbocycles. The maximum absolute atomic E-state index is 12.5. The highest BCUT2D eigenvalue weighted by molar-refractivity contribution is 6.64. The Morgan fingerprint density at radius 1 is 1.14 bits per heavy atom. The highest BCUT2D eigenvalue weighted by Gasteiger charge is 2.40. The van der Waals surface area contributed by atoms with Gasteiger partial charge < -0.3 is 14.8 Å². The van der Waals surface area contributed by atoms with Crippen molar-refractivity contribution in [2.75, 3.05) is 0 Å². The fourth-order valence-corrected chi connectivity index (χ4v) is 1.66. The fraction of sp³-hybridized carbons (Fsp3) is 0.538. The van der Waals surface area contributed by atoms with Gasteiger partial charge in [0.05, 0.1) is 16.8 Å². The van der Waals surface area contributed by atoms with E-state index in [4.69, 9.17) is 16.3 Å². The maximum Gasteiger partial charge on any atom is 0.493 e. The summed E-state index contributed by atoms with van der Waals surface area (Å²) in [6, 6.07) is 2.59. The number of hydrogen-bond donors (Lipinski definition) is 2. The molecule has 0 fully saturated rings. The standard InChI is InChI=1S/C13H17BClF3O3/c1-11(2,19)12(3,4)21-14(20)9-6-5-8(7-10(9)15)13(16,17)18/h5-7,19-20H,1-4H3. The quantitative estimate of drug-likeness (QED) is 0.837. The van der Waals surface area contributed by atoms with Gasteiger partial charge in [-0.1, -0.05) is 23.7 Å². The predicted molar refractivity (Wildman–Crippen MR) is 75.5 cm³/mol. The zero-order valence-corrected chi connectivity index (χ0v) is 12.9. The topological polar surface area (TPSA) is 49.7 Å². The van der Waals surface area contributed by atoms with Gasteiger partial charge in [-0.3, -0.25) is 0 Å². The van der Waals surface area contributed by atoms with E-state index in [2.05, 4.69) is 0 Å². The van der Waals surface area contributed by atoms with E-state index in [0.717, 1.165) is 18.2 Å². The van der Waals surface area contributed by atoms with Crippen LogP contribution in [0.5, 0.6) is 0 Å². The molecule has 2 N–H and O–H groups in total. The third-order valence-electron chi connectivity index (χ3n) is 3.47. The van der Waals surface area contributed by atoms with Crippen LogP contribution in [-0.2, 0) is 10.8 Å². The molecule has 0 aromatic heterocycles. The van der Waals surface area contributed by atoms with Crippen LogP contribution >= 0.6 is 11.6 Å². The van der Waals surface area contributed by atoms with Gasteiger partial charge in [-0.15, -0.1) is 0 Å². The Labute approximate surface area is 126 Å². The van der Waals surface area contributed by atoms with E-state index >= 15 is 0 Å². The molecule has 1 aromatic rings. The molecular formula is C13H17BClF3O3. The minimum absolute atomic E-state index is 0.00184. The number of alkyl halides is 3. The van der Waals surface area contributed by atoms with E-state index in [-0.39, 0.29) is 10.5 Å². The summed E-state index contributed by atoms with van der Waals surface area (Å²) in [5.41, 5.74) is -3.32. The fourth-order valence-electron chi connectivity index (χ4n) is 1.39. The third kappa shape index (κ3) is 4.36. The summed E-state index contributed by atoms with van der Waals surface area (Å²) < 4.78 is 43.0. The van der Waals surface area contributed by atoms with Gasteiger partial charge in [0.25, 0.3) is 0 Å². The van der Waals surface area contributed by atoms with Gasteiger partial charge in [0.1, 0.15) is 0 Å². The number of halogens is 4. The molecule has 0 amide bonds. The van der Waals surface area contributed by atoms with Gasteiger partial charge in [0.15, 0.2) is 0 Å². The Kier molecular flexibility index (Phi) is 5.05. The second kappa shape index (κ2) is 5.80. The highest BCUT2D eigenvalue weighted by atomic mass is 35.5. The summed E-state index contributed by atoms with van der Waals surface area (Å²) in [6.07, 6.45) is -4.51. The van der Waals surface area contributed by atoms with Crippen LogP contribution in [0.2, 0.25) is 5.02 Å². The molecule has 0 saturated heterocycles. The average molecular weight is 325 g/mol. The van der Waals surface area contributed by atoms with Crippen LogP contribution in [0, 0.1) is 0 Å². The van der Waals surface area contributed by atoms with Crippen molar-refractivity contribution in [2.45, 2.75) is 45.1 Å². The zero-order chi connectivity index (χ0) is 16.6. The predicted octanol–water partition coefficient (Wildman–Crippen LogP) is 2.61. The summed E-state index contributed by atoms with van der Waals surface area (Å²) in [6.45, 7) is 6.09. The van der Waals surface area contributed by atoms with Gasteiger partial charge in [-0.25, -0.2) is 0 Å². The van der Waals surface area contributed by atoms with Gasteiger partial charge in [0, 0.05) is 10.5 Å². The lowest BCUT2D eigenvalue weighted by atomic mass is 9.76. The first-order valence-corrected chi connectivity index (χ1v) is 6.58. The largest absolute Gasteiger partial charge is 0.493 e. The molecule has 0 saturated carbocycles. The van der Waals surface area contributed by atoms with Gasteiger partial charge in [0.2, 0.25) is 0 Å². The molecule has 1 rings (SSSR count). The van der Waals surface area contributed by atoms with E-state index in [1.54, 1.807) is 13.8 Å². The van der Waals surface area contributed by atoms with Crippen molar-refractivity contribution >= 4 is 24.2 Å². The minimum Gasteiger partial charge on any atom is -0.423 e. The first-order valence-electron chi connectivity index (χ1n) is 6.20. The third-order valence-corrected chi connectivity index (χ3v) is 3.80. The molecule has 1 aromatic carbocycles. The maximum atomic E-state index is 12.5. The molecule has 118 valence electrons. The molecular weight excluding hydrogens is 307 g/mol. The smallest absolute Gasteiger partial charge is 0.423 e. The van der Waals surface area contributed by atoms with E-state index in [1.807, 2.05) is 0 Å². The molecule has 0 heterocycles. The first kappa shape index (κ1) is 18.3. The van der Waals surface area contributed by atoms with Crippen LogP contribution in [-0.4, -0.2) is 28.5 Å². The molecule has 0 bridgehead atoms. The van der Waals surface area contributed by atoms with Crippen LogP contribution in [0.15, 0.2) is 18.2 Å². The Morgan fingerprint density at radius 3 is 2.05 bits per heavy atom. The molecule has 0 unspecified atom stereocenters.